The lowest BCUT2D eigenvalue weighted by Crippen LogP contribution is -2.07. The predicted octanol–water partition coefficient (Wildman–Crippen LogP) is 5.82. The highest BCUT2D eigenvalue weighted by atomic mass is 19.4. The minimum Gasteiger partial charge on any atom is -0.342 e. The number of rotatable bonds is 3. The number of nitrogens with zero attached hydrogens (tertiary/aromatic N) is 3. The minimum absolute atomic E-state index is 0.218. The van der Waals surface area contributed by atoms with Crippen LogP contribution in [-0.4, -0.2) is 4.57 Å². The molecule has 3 aromatic rings. The Balaban J connectivity index is 2.17. The molecule has 0 saturated carbocycles. The van der Waals surface area contributed by atoms with Crippen molar-refractivity contribution in [2.75, 3.05) is 0 Å². The number of alkyl halides is 3. The smallest absolute Gasteiger partial charge is 0.342 e. The molecule has 28 heavy (non-hydrogen) atoms. The molecule has 0 N–H and O–H groups in total. The van der Waals surface area contributed by atoms with Crippen LogP contribution in [0.25, 0.3) is 17.0 Å². The standard InChI is InChI=1S/C22H16F3N3/c1-14-6-16(9-19(8-14)22(23,24)25)12-28-13-18(7-15(2)10-26)21-17(11-27)4-3-5-20(21)28/h3-9,13H,12H2,1-2H3/b15-7-. The summed E-state index contributed by atoms with van der Waals surface area (Å²) in [6.07, 6.45) is -0.968. The summed E-state index contributed by atoms with van der Waals surface area (Å²) in [7, 11) is 0. The maximum atomic E-state index is 13.1. The van der Waals surface area contributed by atoms with Crippen molar-refractivity contribution in [3.63, 3.8) is 0 Å². The fraction of sp³-hybridized carbons (Fsp3) is 0.182. The van der Waals surface area contributed by atoms with Crippen LogP contribution in [-0.2, 0) is 12.7 Å². The number of allylic oxidation sites excluding steroid dienone is 1. The zero-order valence-corrected chi connectivity index (χ0v) is 15.3. The van der Waals surface area contributed by atoms with Crippen LogP contribution in [0.5, 0.6) is 0 Å². The van der Waals surface area contributed by atoms with Crippen molar-refractivity contribution in [3.8, 4) is 12.1 Å². The number of aromatic nitrogens is 1. The highest BCUT2D eigenvalue weighted by Crippen LogP contribution is 2.32. The van der Waals surface area contributed by atoms with Gasteiger partial charge < -0.3 is 4.57 Å². The molecular formula is C22H16F3N3. The molecule has 0 aliphatic rings. The van der Waals surface area contributed by atoms with Crippen LogP contribution in [0, 0.1) is 29.6 Å². The van der Waals surface area contributed by atoms with Gasteiger partial charge in [0.1, 0.15) is 0 Å². The summed E-state index contributed by atoms with van der Waals surface area (Å²) in [5.41, 5.74) is 2.70. The SMILES string of the molecule is C/C(C#N)=C/c1cn(Cc2cc(C)cc(C(F)(F)F)c2)c2cccc(C#N)c12. The molecule has 0 fully saturated rings. The summed E-state index contributed by atoms with van der Waals surface area (Å²) >= 11 is 0. The van der Waals surface area contributed by atoms with Crippen LogP contribution in [0.4, 0.5) is 13.2 Å². The average Bonchev–Trinajstić information content (AvgIpc) is 2.98. The van der Waals surface area contributed by atoms with E-state index in [1.807, 2.05) is 10.6 Å². The molecule has 2 aromatic carbocycles. The fourth-order valence-corrected chi connectivity index (χ4v) is 3.30. The molecule has 0 aliphatic heterocycles. The molecular weight excluding hydrogens is 363 g/mol. The molecule has 6 heteroatoms. The Morgan fingerprint density at radius 3 is 2.57 bits per heavy atom. The van der Waals surface area contributed by atoms with Gasteiger partial charge in [-0.05, 0) is 49.8 Å². The lowest BCUT2D eigenvalue weighted by atomic mass is 10.1. The maximum Gasteiger partial charge on any atom is 0.416 e. The van der Waals surface area contributed by atoms with Crippen molar-refractivity contribution in [3.05, 3.63) is 76.0 Å². The molecule has 1 heterocycles. The fourth-order valence-electron chi connectivity index (χ4n) is 3.30. The molecule has 140 valence electrons. The van der Waals surface area contributed by atoms with Gasteiger partial charge in [-0.2, -0.15) is 23.7 Å². The number of benzene rings is 2. The molecule has 0 radical (unpaired) electrons. The number of fused-ring (bicyclic) bond motifs is 1. The second-order valence-electron chi connectivity index (χ2n) is 6.67. The topological polar surface area (TPSA) is 52.5 Å². The molecule has 0 bridgehead atoms. The van der Waals surface area contributed by atoms with Crippen molar-refractivity contribution < 1.29 is 13.2 Å². The zero-order chi connectivity index (χ0) is 20.5. The highest BCUT2D eigenvalue weighted by Gasteiger charge is 2.30. The van der Waals surface area contributed by atoms with Gasteiger partial charge in [-0.1, -0.05) is 17.7 Å². The van der Waals surface area contributed by atoms with Crippen molar-refractivity contribution in [1.29, 1.82) is 10.5 Å². The molecule has 3 nitrogen and oxygen atoms in total. The Bertz CT molecular complexity index is 1170. The molecule has 0 saturated heterocycles. The first-order valence-electron chi connectivity index (χ1n) is 8.51. The van der Waals surface area contributed by atoms with Gasteiger partial charge in [0.05, 0.1) is 28.8 Å². The number of halogens is 3. The summed E-state index contributed by atoms with van der Waals surface area (Å²) in [6, 6.07) is 13.4. The number of aryl methyl sites for hydroxylation is 1. The quantitative estimate of drug-likeness (QED) is 0.539. The summed E-state index contributed by atoms with van der Waals surface area (Å²) in [5.74, 6) is 0. The molecule has 1 aromatic heterocycles. The third-order valence-electron chi connectivity index (χ3n) is 4.42. The zero-order valence-electron chi connectivity index (χ0n) is 15.3. The average molecular weight is 379 g/mol. The van der Waals surface area contributed by atoms with E-state index in [2.05, 4.69) is 12.1 Å². The molecule has 0 unspecified atom stereocenters. The van der Waals surface area contributed by atoms with Crippen LogP contribution in [0.2, 0.25) is 0 Å². The first-order chi connectivity index (χ1) is 13.2. The van der Waals surface area contributed by atoms with E-state index in [1.54, 1.807) is 44.3 Å². The van der Waals surface area contributed by atoms with Crippen molar-refractivity contribution in [1.82, 2.24) is 4.57 Å². The molecule has 3 rings (SSSR count). The van der Waals surface area contributed by atoms with E-state index in [9.17, 15) is 18.4 Å². The lowest BCUT2D eigenvalue weighted by molar-refractivity contribution is -0.137. The van der Waals surface area contributed by atoms with E-state index in [0.29, 0.717) is 33.2 Å². The van der Waals surface area contributed by atoms with Crippen molar-refractivity contribution >= 4 is 17.0 Å². The highest BCUT2D eigenvalue weighted by molar-refractivity contribution is 5.94. The summed E-state index contributed by atoms with van der Waals surface area (Å²) in [5, 5.41) is 19.2. The van der Waals surface area contributed by atoms with Crippen LogP contribution < -0.4 is 0 Å². The second kappa shape index (κ2) is 7.25. The van der Waals surface area contributed by atoms with E-state index in [4.69, 9.17) is 5.26 Å². The van der Waals surface area contributed by atoms with E-state index in [-0.39, 0.29) is 6.54 Å². The van der Waals surface area contributed by atoms with Gasteiger partial charge in [0.15, 0.2) is 0 Å². The number of hydrogen-bond donors (Lipinski definition) is 0. The van der Waals surface area contributed by atoms with Gasteiger partial charge in [-0.3, -0.25) is 0 Å². The maximum absolute atomic E-state index is 13.1. The Morgan fingerprint density at radius 2 is 1.93 bits per heavy atom. The van der Waals surface area contributed by atoms with E-state index in [1.165, 1.54) is 0 Å². The second-order valence-corrected chi connectivity index (χ2v) is 6.67. The van der Waals surface area contributed by atoms with Crippen LogP contribution in [0.3, 0.4) is 0 Å². The molecule has 0 spiro atoms. The number of nitriles is 2. The predicted molar refractivity (Wildman–Crippen MR) is 101 cm³/mol. The largest absolute Gasteiger partial charge is 0.416 e. The Hall–Kier alpha value is -3.51. The van der Waals surface area contributed by atoms with Gasteiger partial charge in [0.25, 0.3) is 0 Å². The monoisotopic (exact) mass is 379 g/mol. The van der Waals surface area contributed by atoms with Gasteiger partial charge in [0, 0.05) is 29.3 Å². The summed E-state index contributed by atoms with van der Waals surface area (Å²) in [6.45, 7) is 3.51. The van der Waals surface area contributed by atoms with Crippen molar-refractivity contribution in [2.24, 2.45) is 0 Å². The number of hydrogen-bond acceptors (Lipinski definition) is 2. The van der Waals surface area contributed by atoms with Gasteiger partial charge >= 0.3 is 6.18 Å². The summed E-state index contributed by atoms with van der Waals surface area (Å²) < 4.78 is 41.2. The van der Waals surface area contributed by atoms with E-state index >= 15 is 0 Å². The van der Waals surface area contributed by atoms with E-state index in [0.717, 1.165) is 17.6 Å². The minimum atomic E-state index is -4.41. The van der Waals surface area contributed by atoms with Gasteiger partial charge in [-0.25, -0.2) is 0 Å². The lowest BCUT2D eigenvalue weighted by Gasteiger charge is -2.12. The van der Waals surface area contributed by atoms with Crippen molar-refractivity contribution in [2.45, 2.75) is 26.6 Å². The Morgan fingerprint density at radius 1 is 1.18 bits per heavy atom. The Kier molecular flexibility index (Phi) is 4.98. The normalized spacial score (nSPS) is 12.0. The van der Waals surface area contributed by atoms with E-state index < -0.39 is 11.7 Å². The summed E-state index contributed by atoms with van der Waals surface area (Å²) in [4.78, 5) is 0. The Labute approximate surface area is 160 Å². The van der Waals surface area contributed by atoms with Crippen LogP contribution in [0.15, 0.2) is 48.2 Å². The molecule has 0 amide bonds. The first-order valence-corrected chi connectivity index (χ1v) is 8.51. The molecule has 0 atom stereocenters. The van der Waals surface area contributed by atoms with Gasteiger partial charge in [-0.15, -0.1) is 0 Å². The first kappa shape index (κ1) is 19.3. The van der Waals surface area contributed by atoms with Gasteiger partial charge in [0.2, 0.25) is 0 Å². The third-order valence-corrected chi connectivity index (χ3v) is 4.42. The molecule has 0 aliphatic carbocycles. The van der Waals surface area contributed by atoms with Crippen LogP contribution >= 0.6 is 0 Å². The third kappa shape index (κ3) is 3.77. The van der Waals surface area contributed by atoms with Crippen LogP contribution in [0.1, 0.15) is 34.7 Å².